The van der Waals surface area contributed by atoms with E-state index in [1.807, 2.05) is 81.7 Å². The summed E-state index contributed by atoms with van der Waals surface area (Å²) < 4.78 is 18.0. The van der Waals surface area contributed by atoms with Gasteiger partial charge in [0.25, 0.3) is 5.52 Å². The first-order valence-electron chi connectivity index (χ1n) is 30.4. The highest BCUT2D eigenvalue weighted by atomic mass is 32.1. The number of fused-ring (bicyclic) bond motifs is 2. The van der Waals surface area contributed by atoms with Gasteiger partial charge in [0.2, 0.25) is 41.4 Å². The minimum Gasteiger partial charge on any atom is -0.392 e. The maximum absolute atomic E-state index is 14.7. The number of nitrogens with one attached hydrogen (secondary N) is 5. The number of ether oxygens (including phenoxy) is 1. The number of anilines is 1. The largest absolute Gasteiger partial charge is 0.396 e. The Hall–Kier alpha value is -6.96. The van der Waals surface area contributed by atoms with E-state index >= 15 is 0 Å². The van der Waals surface area contributed by atoms with Crippen LogP contribution in [0.15, 0.2) is 72.2 Å². The van der Waals surface area contributed by atoms with Gasteiger partial charge in [-0.2, -0.15) is 0 Å². The third kappa shape index (κ3) is 17.1. The summed E-state index contributed by atoms with van der Waals surface area (Å²) >= 11 is 1.57. The number of nitrogens with two attached hydrogens (primary N) is 1. The number of benzene rings is 3. The van der Waals surface area contributed by atoms with Crippen LogP contribution in [-0.2, 0) is 62.4 Å². The van der Waals surface area contributed by atoms with Crippen LogP contribution in [0.3, 0.4) is 0 Å². The summed E-state index contributed by atoms with van der Waals surface area (Å²) in [5, 5.41) is 37.5. The Morgan fingerprint density at radius 2 is 1.58 bits per heavy atom. The molecule has 0 spiro atoms. The van der Waals surface area contributed by atoms with Gasteiger partial charge in [0.1, 0.15) is 24.4 Å². The number of hydrogen-bond donors (Lipinski definition) is 10. The molecular weight excluding hydrogens is 1180 g/mol. The summed E-state index contributed by atoms with van der Waals surface area (Å²) in [5.74, 6) is -3.71. The number of unbranched alkanes of at least 4 members (excludes halogenated alkanes) is 1. The van der Waals surface area contributed by atoms with Crippen molar-refractivity contribution in [1.82, 2.24) is 41.0 Å². The Kier molecular flexibility index (Phi) is 22.4. The van der Waals surface area contributed by atoms with Crippen molar-refractivity contribution < 1.29 is 67.7 Å². The van der Waals surface area contributed by atoms with Crippen molar-refractivity contribution in [1.29, 1.82) is 0 Å². The molecule has 482 valence electrons. The van der Waals surface area contributed by atoms with Gasteiger partial charge in [0, 0.05) is 69.2 Å². The van der Waals surface area contributed by atoms with Crippen LogP contribution in [0, 0.1) is 12.3 Å². The lowest BCUT2D eigenvalue weighted by molar-refractivity contribution is -0.147. The molecule has 26 heteroatoms. The first-order chi connectivity index (χ1) is 42.1. The van der Waals surface area contributed by atoms with Crippen LogP contribution in [0.25, 0.3) is 10.4 Å². The highest BCUT2D eigenvalue weighted by Gasteiger charge is 2.48. The van der Waals surface area contributed by atoms with Gasteiger partial charge in [-0.1, -0.05) is 76.2 Å². The molecule has 89 heavy (non-hydrogen) atoms. The molecule has 5 heterocycles. The number of rotatable bonds is 25. The van der Waals surface area contributed by atoms with Crippen LogP contribution in [0.5, 0.6) is 0 Å². The Morgan fingerprint density at radius 1 is 0.888 bits per heavy atom. The summed E-state index contributed by atoms with van der Waals surface area (Å²) in [6.07, 6.45) is 0.766. The fourth-order valence-electron chi connectivity index (χ4n) is 12.4. The van der Waals surface area contributed by atoms with E-state index < -0.39 is 109 Å². The minimum atomic E-state index is -5.08. The van der Waals surface area contributed by atoms with Crippen molar-refractivity contribution >= 4 is 71.5 Å². The molecule has 3 aromatic carbocycles. The zero-order chi connectivity index (χ0) is 64.6. The highest BCUT2D eigenvalue weighted by molar-refractivity contribution is 7.70. The van der Waals surface area contributed by atoms with E-state index in [-0.39, 0.29) is 88.2 Å². The van der Waals surface area contributed by atoms with Gasteiger partial charge in [-0.3, -0.25) is 47.8 Å². The summed E-state index contributed by atoms with van der Waals surface area (Å²) in [7, 11) is -5.08. The molecule has 8 rings (SSSR count). The van der Waals surface area contributed by atoms with Gasteiger partial charge in [0.05, 0.1) is 53.0 Å². The minimum absolute atomic E-state index is 0.0608. The lowest BCUT2D eigenvalue weighted by atomic mass is 9.84. The van der Waals surface area contributed by atoms with Gasteiger partial charge in [-0.15, -0.1) is 11.3 Å². The third-order valence-electron chi connectivity index (χ3n) is 17.6. The monoisotopic (exact) mass is 1270 g/mol. The van der Waals surface area contributed by atoms with E-state index in [2.05, 4.69) is 31.6 Å². The second-order valence-corrected chi connectivity index (χ2v) is 27.5. The second kappa shape index (κ2) is 29.3. The van der Waals surface area contributed by atoms with E-state index in [4.69, 9.17) is 10.5 Å². The average Bonchev–Trinajstić information content (AvgIpc) is 2.20. The van der Waals surface area contributed by atoms with Crippen molar-refractivity contribution in [3.8, 4) is 10.4 Å². The van der Waals surface area contributed by atoms with Gasteiger partial charge < -0.3 is 66.9 Å². The smallest absolute Gasteiger partial charge is 0.392 e. The summed E-state index contributed by atoms with van der Waals surface area (Å²) in [5.41, 5.74) is 10.9. The number of β-amino-alcohol motifs (C(OH)–C–C–N with tert-alkyl or cyclic N) is 1. The van der Waals surface area contributed by atoms with Gasteiger partial charge in [-0.05, 0) is 117 Å². The molecule has 4 unspecified atom stereocenters. The predicted octanol–water partition coefficient (Wildman–Crippen LogP) is 4.10. The van der Waals surface area contributed by atoms with Crippen molar-refractivity contribution in [2.24, 2.45) is 11.1 Å². The van der Waals surface area contributed by atoms with Crippen LogP contribution >= 0.6 is 18.9 Å². The van der Waals surface area contributed by atoms with E-state index in [1.165, 1.54) is 34.9 Å². The van der Waals surface area contributed by atoms with Gasteiger partial charge in [-0.25, -0.2) is 4.98 Å². The SMILES string of the molecule is CC(=O)N1CC[C@H]2CC[C@@H](C(=O)NC(CCC(N)=O)[C@@H](C)OCc3ccc(CCCCC(=O)N[C@H](C(O)N4C[C@H](O)C[C@H]4C(=O)NCc4ccc(-c5scnc5C)cc4)C(C)(C)C)cc3)N2C(=O)[C@@H](NC(=O)C2Nc3ccc(C(=O)P(=O)(O)O)cc3C2C)C1. The quantitative estimate of drug-likeness (QED) is 0.0330. The van der Waals surface area contributed by atoms with E-state index in [0.29, 0.717) is 43.4 Å². The molecule has 4 aliphatic heterocycles. The number of carbonyl (C=O) groups is 8. The van der Waals surface area contributed by atoms with Crippen LogP contribution in [0.2, 0.25) is 0 Å². The van der Waals surface area contributed by atoms with Crippen LogP contribution in [0.4, 0.5) is 5.69 Å². The second-order valence-electron chi connectivity index (χ2n) is 25.1. The molecule has 11 N–H and O–H groups in total. The normalized spacial score (nSPS) is 22.6. The zero-order valence-corrected chi connectivity index (χ0v) is 53.2. The van der Waals surface area contributed by atoms with Crippen molar-refractivity contribution in [2.75, 3.05) is 25.0 Å². The molecule has 0 bridgehead atoms. The number of carbonyl (C=O) groups excluding carboxylic acids is 8. The van der Waals surface area contributed by atoms with Crippen LogP contribution < -0.4 is 32.3 Å². The number of amides is 7. The average molecular weight is 1270 g/mol. The van der Waals surface area contributed by atoms with Crippen molar-refractivity contribution in [2.45, 2.75) is 192 Å². The first kappa shape index (κ1) is 68.0. The molecule has 3 saturated heterocycles. The predicted molar refractivity (Wildman–Crippen MR) is 332 cm³/mol. The Bertz CT molecular complexity index is 3280. The molecule has 0 radical (unpaired) electrons. The van der Waals surface area contributed by atoms with Crippen molar-refractivity contribution in [3.05, 3.63) is 106 Å². The molecule has 4 aliphatic rings. The summed E-state index contributed by atoms with van der Waals surface area (Å²) in [6.45, 7) is 13.1. The number of nitrogens with zero attached hydrogens (tertiary/aromatic N) is 4. The Morgan fingerprint density at radius 3 is 2.24 bits per heavy atom. The number of aryl methyl sites for hydroxylation is 2. The van der Waals surface area contributed by atoms with Crippen molar-refractivity contribution in [3.63, 3.8) is 0 Å². The molecule has 4 aromatic rings. The fraction of sp³-hybridized carbons (Fsp3) is 0.540. The number of thiazole rings is 1. The number of aliphatic hydroxyl groups excluding tert-OH is 2. The molecule has 11 atom stereocenters. The van der Waals surface area contributed by atoms with Gasteiger partial charge in [0.15, 0.2) is 0 Å². The molecule has 7 amide bonds. The zero-order valence-electron chi connectivity index (χ0n) is 51.5. The number of hydrogen-bond acceptors (Lipinski definition) is 16. The van der Waals surface area contributed by atoms with Crippen LogP contribution in [-0.4, -0.2) is 167 Å². The number of likely N-dealkylation sites (tertiary alicyclic amines) is 1. The topological polar surface area (TPSA) is 353 Å². The lowest BCUT2D eigenvalue weighted by Crippen LogP contribution is -2.62. The van der Waals surface area contributed by atoms with Gasteiger partial charge >= 0.3 is 7.60 Å². The molecule has 24 nitrogen and oxygen atoms in total. The lowest BCUT2D eigenvalue weighted by Gasteiger charge is -2.40. The molecule has 3 fully saturated rings. The molecule has 0 saturated carbocycles. The van der Waals surface area contributed by atoms with E-state index in [0.717, 1.165) is 32.8 Å². The molecular formula is C63H85N10O14PS. The Labute approximate surface area is 522 Å². The number of primary amides is 1. The van der Waals surface area contributed by atoms with Crippen LogP contribution in [0.1, 0.15) is 144 Å². The highest BCUT2D eigenvalue weighted by Crippen LogP contribution is 2.43. The molecule has 1 aromatic heterocycles. The summed E-state index contributed by atoms with van der Waals surface area (Å²) in [6, 6.07) is 13.8. The standard InChI is InChI=1S/C63H85N10O14PS/c1-35-46-28-43(62(83)88(84,85)86)20-22-48(46)67-54(35)59(80)69-49-32-71(38(4)74)27-26-44-21-24-50(73(44)60(49)81)58(79)68-47(23-25-52(64)76)37(3)87-33-41-14-12-39(13-15-41)10-8-9-11-53(77)70-56(63(5,6)7)61(82)72-31-45(75)29-51(72)57(78)65-30-40-16-18-42(19-17-40)55-36(2)66-34-89-55/h12-20,22,28,34-35,37,44-45,47,49-51,54,56,61,67,75,82H,8-11,21,23-27,29-33H2,1-7H3,(H2,64,76)(H,65,78)(H,68,79)(H,69,80)(H,70,77)(H2,84,85,86)/t35?,37-,44-,45-,47?,49+,50+,51+,54?,56-,61?/m1/s1. The maximum atomic E-state index is 14.7. The van der Waals surface area contributed by atoms with E-state index in [9.17, 15) is 62.9 Å². The Balaban J connectivity index is 0.810. The third-order valence-corrected chi connectivity index (χ3v) is 19.4. The summed E-state index contributed by atoms with van der Waals surface area (Å²) in [4.78, 5) is 137. The van der Waals surface area contributed by atoms with E-state index in [1.54, 1.807) is 30.1 Å². The maximum Gasteiger partial charge on any atom is 0.396 e. The number of aromatic nitrogens is 1. The number of aliphatic hydroxyl groups is 2. The fourth-order valence-corrected chi connectivity index (χ4v) is 13.7. The first-order valence-corrected chi connectivity index (χ1v) is 32.9. The molecule has 0 aliphatic carbocycles.